The molecule has 0 aromatic heterocycles. The lowest BCUT2D eigenvalue weighted by Gasteiger charge is -2.30. The molecule has 0 spiro atoms. The van der Waals surface area contributed by atoms with E-state index in [0.29, 0.717) is 11.6 Å². The van der Waals surface area contributed by atoms with Gasteiger partial charge in [-0.25, -0.2) is 0 Å². The molecule has 0 fully saturated rings. The molecule has 1 unspecified atom stereocenters. The minimum absolute atomic E-state index is 0.309. The largest absolute Gasteiger partial charge is 0.366 e. The van der Waals surface area contributed by atoms with Gasteiger partial charge >= 0.3 is 0 Å². The van der Waals surface area contributed by atoms with Crippen LogP contribution >= 0.6 is 0 Å². The summed E-state index contributed by atoms with van der Waals surface area (Å²) in [5.74, 6) is -0.309. The summed E-state index contributed by atoms with van der Waals surface area (Å²) < 4.78 is 0. The second kappa shape index (κ2) is 4.26. The van der Waals surface area contributed by atoms with Gasteiger partial charge in [-0.15, -0.1) is 0 Å². The summed E-state index contributed by atoms with van der Waals surface area (Å²) in [6, 6.07) is 6.38. The van der Waals surface area contributed by atoms with Crippen molar-refractivity contribution < 1.29 is 4.79 Å². The van der Waals surface area contributed by atoms with Crippen molar-refractivity contribution in [3.05, 3.63) is 34.9 Å². The molecular weight excluding hydrogens is 200 g/mol. The molecule has 0 bridgehead atoms. The maximum Gasteiger partial charge on any atom is 0.248 e. The average molecular weight is 218 g/mol. The summed E-state index contributed by atoms with van der Waals surface area (Å²) in [6.45, 7) is 0. The molecule has 16 heavy (non-hydrogen) atoms. The molecular formula is C13H18N2O. The Hall–Kier alpha value is -1.35. The quantitative estimate of drug-likeness (QED) is 0.811. The predicted octanol–water partition coefficient (Wildman–Crippen LogP) is 1.20. The Kier molecular flexibility index (Phi) is 2.97. The van der Waals surface area contributed by atoms with Gasteiger partial charge in [0.25, 0.3) is 0 Å². The molecule has 1 aromatic carbocycles. The third-order valence-corrected chi connectivity index (χ3v) is 3.46. The highest BCUT2D eigenvalue weighted by atomic mass is 16.1. The lowest BCUT2D eigenvalue weighted by molar-refractivity contribution is 0.0998. The van der Waals surface area contributed by atoms with Crippen LogP contribution in [0.5, 0.6) is 0 Å². The maximum absolute atomic E-state index is 11.4. The van der Waals surface area contributed by atoms with E-state index in [2.05, 4.69) is 25.1 Å². The number of aryl methyl sites for hydroxylation is 1. The number of nitrogens with zero attached hydrogens (tertiary/aromatic N) is 1. The summed E-state index contributed by atoms with van der Waals surface area (Å²) in [5.41, 5.74) is 8.54. The molecule has 2 N–H and O–H groups in total. The van der Waals surface area contributed by atoms with Gasteiger partial charge < -0.3 is 10.6 Å². The first-order valence-electron chi connectivity index (χ1n) is 5.66. The summed E-state index contributed by atoms with van der Waals surface area (Å²) in [4.78, 5) is 13.6. The molecule has 1 aliphatic carbocycles. The number of hydrogen-bond acceptors (Lipinski definition) is 2. The van der Waals surface area contributed by atoms with E-state index in [1.807, 2.05) is 12.1 Å². The molecule has 2 rings (SSSR count). The summed E-state index contributed by atoms with van der Waals surface area (Å²) in [5, 5.41) is 0. The van der Waals surface area contributed by atoms with Gasteiger partial charge in [-0.1, -0.05) is 12.1 Å². The average Bonchev–Trinajstić information content (AvgIpc) is 2.27. The minimum Gasteiger partial charge on any atom is -0.366 e. The third kappa shape index (κ3) is 1.95. The first-order valence-corrected chi connectivity index (χ1v) is 5.66. The van der Waals surface area contributed by atoms with E-state index in [1.54, 1.807) is 0 Å². The predicted molar refractivity (Wildman–Crippen MR) is 64.5 cm³/mol. The van der Waals surface area contributed by atoms with Gasteiger partial charge in [0.1, 0.15) is 0 Å². The van der Waals surface area contributed by atoms with E-state index >= 15 is 0 Å². The molecule has 0 saturated carbocycles. The monoisotopic (exact) mass is 218 g/mol. The highest BCUT2D eigenvalue weighted by Gasteiger charge is 2.23. The van der Waals surface area contributed by atoms with Crippen LogP contribution in [0.2, 0.25) is 0 Å². The fourth-order valence-electron chi connectivity index (χ4n) is 2.44. The van der Waals surface area contributed by atoms with Gasteiger partial charge in [-0.2, -0.15) is 0 Å². The number of nitrogens with two attached hydrogens (primary N) is 1. The summed E-state index contributed by atoms with van der Waals surface area (Å²) in [6.07, 6.45) is 3.13. The van der Waals surface area contributed by atoms with E-state index in [-0.39, 0.29) is 5.91 Å². The normalized spacial score (nSPS) is 19.6. The van der Waals surface area contributed by atoms with Gasteiger partial charge in [0.05, 0.1) is 0 Å². The van der Waals surface area contributed by atoms with Crippen LogP contribution in [0.3, 0.4) is 0 Å². The molecule has 1 aromatic rings. The lowest BCUT2D eigenvalue weighted by Crippen LogP contribution is -2.34. The zero-order valence-electron chi connectivity index (χ0n) is 9.86. The summed E-state index contributed by atoms with van der Waals surface area (Å²) >= 11 is 0. The SMILES string of the molecule is CN(C)C1CCc2cccc(C(N)=O)c2C1. The molecule has 0 heterocycles. The third-order valence-electron chi connectivity index (χ3n) is 3.46. The first kappa shape index (κ1) is 11.1. The van der Waals surface area contributed by atoms with Crippen LogP contribution in [-0.4, -0.2) is 30.9 Å². The number of hydrogen-bond donors (Lipinski definition) is 1. The zero-order chi connectivity index (χ0) is 11.7. The number of carbonyl (C=O) groups is 1. The number of primary amides is 1. The Balaban J connectivity index is 2.38. The molecule has 0 aliphatic heterocycles. The number of carbonyl (C=O) groups excluding carboxylic acids is 1. The second-order valence-electron chi connectivity index (χ2n) is 4.67. The van der Waals surface area contributed by atoms with E-state index in [1.165, 1.54) is 5.56 Å². The van der Waals surface area contributed by atoms with Crippen LogP contribution in [0.1, 0.15) is 27.9 Å². The highest BCUT2D eigenvalue weighted by Crippen LogP contribution is 2.26. The molecule has 1 aliphatic rings. The van der Waals surface area contributed by atoms with Crippen molar-refractivity contribution in [3.8, 4) is 0 Å². The smallest absolute Gasteiger partial charge is 0.248 e. The van der Waals surface area contributed by atoms with Gasteiger partial charge in [-0.05, 0) is 50.6 Å². The van der Waals surface area contributed by atoms with Crippen molar-refractivity contribution in [1.29, 1.82) is 0 Å². The highest BCUT2D eigenvalue weighted by molar-refractivity contribution is 5.94. The lowest BCUT2D eigenvalue weighted by atomic mass is 9.85. The molecule has 86 valence electrons. The molecule has 1 amide bonds. The summed E-state index contributed by atoms with van der Waals surface area (Å²) in [7, 11) is 4.17. The Labute approximate surface area is 96.2 Å². The van der Waals surface area contributed by atoms with E-state index in [9.17, 15) is 4.79 Å². The van der Waals surface area contributed by atoms with Crippen molar-refractivity contribution >= 4 is 5.91 Å². The molecule has 0 saturated heterocycles. The van der Waals surface area contributed by atoms with Crippen LogP contribution in [0.25, 0.3) is 0 Å². The van der Waals surface area contributed by atoms with Crippen LogP contribution in [-0.2, 0) is 12.8 Å². The number of fused-ring (bicyclic) bond motifs is 1. The Morgan fingerprint density at radius 3 is 2.81 bits per heavy atom. The van der Waals surface area contributed by atoms with Gasteiger partial charge in [0.2, 0.25) is 5.91 Å². The fraction of sp³-hybridized carbons (Fsp3) is 0.462. The van der Waals surface area contributed by atoms with Gasteiger partial charge in [0, 0.05) is 11.6 Å². The standard InChI is InChI=1S/C13H18N2O/c1-15(2)10-7-6-9-4-3-5-11(13(14)16)12(9)8-10/h3-5,10H,6-8H2,1-2H3,(H2,14,16). The topological polar surface area (TPSA) is 46.3 Å². The molecule has 1 atom stereocenters. The second-order valence-corrected chi connectivity index (χ2v) is 4.67. The van der Waals surface area contributed by atoms with Crippen molar-refractivity contribution in [2.45, 2.75) is 25.3 Å². The Morgan fingerprint density at radius 1 is 1.44 bits per heavy atom. The zero-order valence-corrected chi connectivity index (χ0v) is 9.86. The van der Waals surface area contributed by atoms with Crippen LogP contribution in [0.4, 0.5) is 0 Å². The Morgan fingerprint density at radius 2 is 2.19 bits per heavy atom. The van der Waals surface area contributed by atoms with Gasteiger partial charge in [0.15, 0.2) is 0 Å². The number of amides is 1. The van der Waals surface area contributed by atoms with Gasteiger partial charge in [-0.3, -0.25) is 4.79 Å². The van der Waals surface area contributed by atoms with Crippen molar-refractivity contribution in [3.63, 3.8) is 0 Å². The molecule has 0 radical (unpaired) electrons. The van der Waals surface area contributed by atoms with Crippen LogP contribution in [0, 0.1) is 0 Å². The van der Waals surface area contributed by atoms with Crippen LogP contribution in [0.15, 0.2) is 18.2 Å². The van der Waals surface area contributed by atoms with E-state index < -0.39 is 0 Å². The number of likely N-dealkylation sites (N-methyl/N-ethyl adjacent to an activating group) is 1. The molecule has 3 heteroatoms. The van der Waals surface area contributed by atoms with Crippen molar-refractivity contribution in [1.82, 2.24) is 4.90 Å². The van der Waals surface area contributed by atoms with E-state index in [0.717, 1.165) is 24.8 Å². The number of rotatable bonds is 2. The fourth-order valence-corrected chi connectivity index (χ4v) is 2.44. The minimum atomic E-state index is -0.309. The van der Waals surface area contributed by atoms with E-state index in [4.69, 9.17) is 5.73 Å². The first-order chi connectivity index (χ1) is 7.59. The number of benzene rings is 1. The Bertz CT molecular complexity index is 412. The maximum atomic E-state index is 11.4. The van der Waals surface area contributed by atoms with Crippen molar-refractivity contribution in [2.24, 2.45) is 5.73 Å². The van der Waals surface area contributed by atoms with Crippen molar-refractivity contribution in [2.75, 3.05) is 14.1 Å². The molecule has 3 nitrogen and oxygen atoms in total. The van der Waals surface area contributed by atoms with Crippen LogP contribution < -0.4 is 5.73 Å².